The van der Waals surface area contributed by atoms with Gasteiger partial charge in [0.05, 0.1) is 15.9 Å². The number of hydrogen-bond acceptors (Lipinski definition) is 5. The first-order valence-corrected chi connectivity index (χ1v) is 7.41. The van der Waals surface area contributed by atoms with Crippen molar-refractivity contribution in [3.05, 3.63) is 44.1 Å². The van der Waals surface area contributed by atoms with Gasteiger partial charge < -0.3 is 15.6 Å². The standard InChI is InChI=1S/C13H11Br2N3O3/c1-6-11(12(19)20)9(18-13(16)17-6)5-21-10-3-2-7(14)4-8(10)15/h2-4H,5H2,1H3,(H,19,20)(H2,16,17,18). The molecule has 21 heavy (non-hydrogen) atoms. The van der Waals surface area contributed by atoms with Gasteiger partial charge in [0.15, 0.2) is 0 Å². The van der Waals surface area contributed by atoms with Crippen LogP contribution in [-0.2, 0) is 6.61 Å². The van der Waals surface area contributed by atoms with Crippen molar-refractivity contribution < 1.29 is 14.6 Å². The summed E-state index contributed by atoms with van der Waals surface area (Å²) in [6.45, 7) is 1.55. The van der Waals surface area contributed by atoms with E-state index in [-0.39, 0.29) is 23.8 Å². The third-order valence-electron chi connectivity index (χ3n) is 2.65. The van der Waals surface area contributed by atoms with Crippen LogP contribution in [0.4, 0.5) is 5.95 Å². The molecule has 0 unspecified atom stereocenters. The van der Waals surface area contributed by atoms with Crippen LogP contribution in [0.25, 0.3) is 0 Å². The molecule has 3 N–H and O–H groups in total. The zero-order valence-electron chi connectivity index (χ0n) is 10.9. The van der Waals surface area contributed by atoms with Gasteiger partial charge >= 0.3 is 5.97 Å². The van der Waals surface area contributed by atoms with E-state index in [1.807, 2.05) is 12.1 Å². The normalized spacial score (nSPS) is 10.4. The van der Waals surface area contributed by atoms with Crippen LogP contribution in [0.3, 0.4) is 0 Å². The molecule has 1 aromatic carbocycles. The molecule has 0 aliphatic rings. The maximum absolute atomic E-state index is 11.3. The second-order valence-corrected chi connectivity index (χ2v) is 5.93. The van der Waals surface area contributed by atoms with E-state index >= 15 is 0 Å². The second kappa shape index (κ2) is 6.40. The largest absolute Gasteiger partial charge is 0.486 e. The van der Waals surface area contributed by atoms with Gasteiger partial charge in [-0.15, -0.1) is 0 Å². The van der Waals surface area contributed by atoms with Gasteiger partial charge in [-0.3, -0.25) is 0 Å². The Kier molecular flexibility index (Phi) is 4.79. The highest BCUT2D eigenvalue weighted by atomic mass is 79.9. The highest BCUT2D eigenvalue weighted by molar-refractivity contribution is 9.11. The smallest absolute Gasteiger partial charge is 0.339 e. The van der Waals surface area contributed by atoms with Crippen LogP contribution in [0.5, 0.6) is 5.75 Å². The molecular formula is C13H11Br2N3O3. The lowest BCUT2D eigenvalue weighted by Crippen LogP contribution is -2.14. The Morgan fingerprint density at radius 1 is 1.38 bits per heavy atom. The first kappa shape index (κ1) is 15.7. The molecule has 0 bridgehead atoms. The number of carboxylic acids is 1. The number of halogens is 2. The van der Waals surface area contributed by atoms with Gasteiger partial charge in [-0.2, -0.15) is 0 Å². The molecule has 2 aromatic rings. The summed E-state index contributed by atoms with van der Waals surface area (Å²) in [5.74, 6) is -0.517. The molecule has 8 heteroatoms. The molecule has 1 aromatic heterocycles. The number of carbonyl (C=O) groups is 1. The highest BCUT2D eigenvalue weighted by Crippen LogP contribution is 2.29. The summed E-state index contributed by atoms with van der Waals surface area (Å²) in [5, 5.41) is 9.23. The number of nitrogens with zero attached hydrogens (tertiary/aromatic N) is 2. The van der Waals surface area contributed by atoms with E-state index in [9.17, 15) is 9.90 Å². The third kappa shape index (κ3) is 3.70. The number of aromatic carboxylic acids is 1. The third-order valence-corrected chi connectivity index (χ3v) is 3.77. The van der Waals surface area contributed by atoms with Crippen molar-refractivity contribution in [2.45, 2.75) is 13.5 Å². The molecule has 1 heterocycles. The molecule has 6 nitrogen and oxygen atoms in total. The van der Waals surface area contributed by atoms with Crippen molar-refractivity contribution >= 4 is 43.8 Å². The summed E-state index contributed by atoms with van der Waals surface area (Å²) in [4.78, 5) is 19.1. The van der Waals surface area contributed by atoms with Gasteiger partial charge in [0.2, 0.25) is 5.95 Å². The maximum atomic E-state index is 11.3. The molecular weight excluding hydrogens is 406 g/mol. The fraction of sp³-hybridized carbons (Fsp3) is 0.154. The summed E-state index contributed by atoms with van der Waals surface area (Å²) < 4.78 is 7.24. The Bertz CT molecular complexity index is 707. The fourth-order valence-electron chi connectivity index (χ4n) is 1.78. The molecule has 0 saturated heterocycles. The number of rotatable bonds is 4. The van der Waals surface area contributed by atoms with E-state index in [1.54, 1.807) is 13.0 Å². The van der Waals surface area contributed by atoms with Crippen LogP contribution in [-0.4, -0.2) is 21.0 Å². The van der Waals surface area contributed by atoms with E-state index in [2.05, 4.69) is 41.8 Å². The van der Waals surface area contributed by atoms with Crippen molar-refractivity contribution in [2.24, 2.45) is 0 Å². The van der Waals surface area contributed by atoms with Crippen molar-refractivity contribution in [1.29, 1.82) is 0 Å². The number of nitrogens with two attached hydrogens (primary N) is 1. The first-order chi connectivity index (χ1) is 9.88. The molecule has 0 amide bonds. The van der Waals surface area contributed by atoms with Gasteiger partial charge in [-0.1, -0.05) is 15.9 Å². The highest BCUT2D eigenvalue weighted by Gasteiger charge is 2.18. The lowest BCUT2D eigenvalue weighted by Gasteiger charge is -2.11. The van der Waals surface area contributed by atoms with E-state index < -0.39 is 5.97 Å². The number of aromatic nitrogens is 2. The molecule has 0 radical (unpaired) electrons. The van der Waals surface area contributed by atoms with Gasteiger partial charge in [0.25, 0.3) is 0 Å². The number of aryl methyl sites for hydroxylation is 1. The minimum Gasteiger partial charge on any atom is -0.486 e. The van der Waals surface area contributed by atoms with Crippen LogP contribution in [0.2, 0.25) is 0 Å². The molecule has 0 fully saturated rings. The Labute approximate surface area is 137 Å². The van der Waals surface area contributed by atoms with Crippen LogP contribution < -0.4 is 10.5 Å². The van der Waals surface area contributed by atoms with Gasteiger partial charge in [0, 0.05) is 4.47 Å². The summed E-state index contributed by atoms with van der Waals surface area (Å²) in [6.07, 6.45) is 0. The molecule has 110 valence electrons. The number of hydrogen-bond donors (Lipinski definition) is 2. The molecule has 0 atom stereocenters. The molecule has 0 spiro atoms. The summed E-state index contributed by atoms with van der Waals surface area (Å²) >= 11 is 6.71. The van der Waals surface area contributed by atoms with Crippen LogP contribution >= 0.6 is 31.9 Å². The molecule has 0 aliphatic carbocycles. The van der Waals surface area contributed by atoms with E-state index in [0.717, 1.165) is 8.95 Å². The Morgan fingerprint density at radius 2 is 2.10 bits per heavy atom. The summed E-state index contributed by atoms with van der Waals surface area (Å²) in [7, 11) is 0. The molecule has 2 rings (SSSR count). The summed E-state index contributed by atoms with van der Waals surface area (Å²) in [5.41, 5.74) is 6.12. The quantitative estimate of drug-likeness (QED) is 0.794. The topological polar surface area (TPSA) is 98.3 Å². The van der Waals surface area contributed by atoms with Gasteiger partial charge in [0.1, 0.15) is 17.9 Å². The zero-order chi connectivity index (χ0) is 15.6. The number of anilines is 1. The predicted molar refractivity (Wildman–Crippen MR) is 84.3 cm³/mol. The van der Waals surface area contributed by atoms with E-state index in [0.29, 0.717) is 11.4 Å². The Morgan fingerprint density at radius 3 is 2.71 bits per heavy atom. The zero-order valence-corrected chi connectivity index (χ0v) is 14.1. The SMILES string of the molecule is Cc1nc(N)nc(COc2ccc(Br)cc2Br)c1C(=O)O. The van der Waals surface area contributed by atoms with Crippen LogP contribution in [0.1, 0.15) is 21.7 Å². The van der Waals surface area contributed by atoms with Crippen molar-refractivity contribution in [1.82, 2.24) is 9.97 Å². The molecule has 0 saturated carbocycles. The fourth-order valence-corrected chi connectivity index (χ4v) is 2.94. The van der Waals surface area contributed by atoms with Crippen molar-refractivity contribution in [3.63, 3.8) is 0 Å². The van der Waals surface area contributed by atoms with Crippen LogP contribution in [0, 0.1) is 6.92 Å². The van der Waals surface area contributed by atoms with Crippen molar-refractivity contribution in [3.8, 4) is 5.75 Å². The van der Waals surface area contributed by atoms with E-state index in [1.165, 1.54) is 0 Å². The minimum absolute atomic E-state index is 0.0115. The number of ether oxygens (including phenoxy) is 1. The Hall–Kier alpha value is -1.67. The second-order valence-electron chi connectivity index (χ2n) is 4.16. The lowest BCUT2D eigenvalue weighted by atomic mass is 10.1. The van der Waals surface area contributed by atoms with Gasteiger partial charge in [-0.05, 0) is 41.1 Å². The predicted octanol–water partition coefficient (Wildman–Crippen LogP) is 3.17. The average Bonchev–Trinajstić information content (AvgIpc) is 2.36. The van der Waals surface area contributed by atoms with Crippen LogP contribution in [0.15, 0.2) is 27.1 Å². The number of nitrogen functional groups attached to an aromatic ring is 1. The van der Waals surface area contributed by atoms with Gasteiger partial charge in [-0.25, -0.2) is 14.8 Å². The van der Waals surface area contributed by atoms with E-state index in [4.69, 9.17) is 10.5 Å². The minimum atomic E-state index is -1.11. The monoisotopic (exact) mass is 415 g/mol. The number of carboxylic acid groups (broad SMARTS) is 1. The summed E-state index contributed by atoms with van der Waals surface area (Å²) in [6, 6.07) is 5.40. The Balaban J connectivity index is 2.29. The maximum Gasteiger partial charge on any atom is 0.339 e. The number of benzene rings is 1. The molecule has 0 aliphatic heterocycles. The lowest BCUT2D eigenvalue weighted by molar-refractivity contribution is 0.0691. The first-order valence-electron chi connectivity index (χ1n) is 5.82. The van der Waals surface area contributed by atoms with Crippen molar-refractivity contribution in [2.75, 3.05) is 5.73 Å². The average molecular weight is 417 g/mol.